The molecule has 2 aliphatic heterocycles. The molecule has 2 aromatic carbocycles. The van der Waals surface area contributed by atoms with E-state index in [4.69, 9.17) is 14.2 Å². The first-order valence-electron chi connectivity index (χ1n) is 11.8. The standard InChI is InChI=1S/C27H36N2O4/c1-18-23-24(32-27(5,6)31-23)22(29(18)25(30)33-26(2,3)4)16-17-28-21-14-12-20(13-15-21)19-10-8-7-9-11-19/h7-15,18,22-24,28H,16-17H2,1-6H3/t18-,22+,23+,24-/m0/s1. The van der Waals surface area contributed by atoms with Crippen molar-refractivity contribution in [2.24, 2.45) is 0 Å². The molecule has 0 radical (unpaired) electrons. The monoisotopic (exact) mass is 452 g/mol. The van der Waals surface area contributed by atoms with Crippen LogP contribution < -0.4 is 5.32 Å². The second-order valence-electron chi connectivity index (χ2n) is 10.4. The average molecular weight is 453 g/mol. The van der Waals surface area contributed by atoms with Crippen LogP contribution in [-0.4, -0.2) is 53.2 Å². The number of likely N-dealkylation sites (tertiary alicyclic amines) is 1. The van der Waals surface area contributed by atoms with Gasteiger partial charge in [-0.1, -0.05) is 42.5 Å². The molecule has 178 valence electrons. The topological polar surface area (TPSA) is 60.0 Å². The fraction of sp³-hybridized carbons (Fsp3) is 0.519. The molecular weight excluding hydrogens is 416 g/mol. The first-order chi connectivity index (χ1) is 15.5. The normalized spacial score (nSPS) is 26.2. The summed E-state index contributed by atoms with van der Waals surface area (Å²) in [5.74, 6) is -0.650. The van der Waals surface area contributed by atoms with Gasteiger partial charge in [-0.25, -0.2) is 4.79 Å². The minimum absolute atomic E-state index is 0.123. The number of nitrogens with zero attached hydrogens (tertiary/aromatic N) is 1. The Labute approximate surface area is 197 Å². The highest BCUT2D eigenvalue weighted by Crippen LogP contribution is 2.42. The summed E-state index contributed by atoms with van der Waals surface area (Å²) in [5, 5.41) is 3.50. The number of nitrogens with one attached hydrogen (secondary N) is 1. The number of fused-ring (bicyclic) bond motifs is 1. The molecule has 2 saturated heterocycles. The zero-order chi connectivity index (χ0) is 23.8. The number of carbonyl (C=O) groups is 1. The van der Waals surface area contributed by atoms with Crippen molar-refractivity contribution in [3.05, 3.63) is 54.6 Å². The van der Waals surface area contributed by atoms with Crippen LogP contribution in [0.1, 0.15) is 48.0 Å². The Bertz CT molecular complexity index is 952. The van der Waals surface area contributed by atoms with E-state index >= 15 is 0 Å². The molecule has 1 N–H and O–H groups in total. The van der Waals surface area contributed by atoms with Gasteiger partial charge in [-0.2, -0.15) is 0 Å². The highest BCUT2D eigenvalue weighted by Gasteiger charge is 2.58. The van der Waals surface area contributed by atoms with E-state index in [2.05, 4.69) is 41.7 Å². The molecule has 4 atom stereocenters. The van der Waals surface area contributed by atoms with Crippen LogP contribution in [0.2, 0.25) is 0 Å². The highest BCUT2D eigenvalue weighted by atomic mass is 16.8. The minimum atomic E-state index is -0.650. The fourth-order valence-electron chi connectivity index (χ4n) is 4.80. The zero-order valence-corrected chi connectivity index (χ0v) is 20.5. The number of carbonyl (C=O) groups excluding carboxylic acids is 1. The van der Waals surface area contributed by atoms with Crippen LogP contribution in [0.15, 0.2) is 54.6 Å². The third-order valence-corrected chi connectivity index (χ3v) is 6.18. The SMILES string of the molecule is C[C@H]1[C@H]2OC(C)(C)O[C@H]2[C@@H](CCNc2ccc(-c3ccccc3)cc2)N1C(=O)OC(C)(C)C. The maximum absolute atomic E-state index is 13.1. The Morgan fingerprint density at radius 3 is 2.24 bits per heavy atom. The molecule has 6 heteroatoms. The van der Waals surface area contributed by atoms with Crippen LogP contribution in [0.4, 0.5) is 10.5 Å². The minimum Gasteiger partial charge on any atom is -0.444 e. The maximum atomic E-state index is 13.1. The second kappa shape index (κ2) is 8.99. The summed E-state index contributed by atoms with van der Waals surface area (Å²) in [4.78, 5) is 14.9. The Balaban J connectivity index is 1.43. The molecule has 1 amide bonds. The van der Waals surface area contributed by atoms with E-state index in [9.17, 15) is 4.79 Å². The van der Waals surface area contributed by atoms with E-state index < -0.39 is 11.4 Å². The molecular formula is C27H36N2O4. The molecule has 33 heavy (non-hydrogen) atoms. The first-order valence-corrected chi connectivity index (χ1v) is 11.8. The van der Waals surface area contributed by atoms with Gasteiger partial charge in [0, 0.05) is 12.2 Å². The van der Waals surface area contributed by atoms with Crippen LogP contribution >= 0.6 is 0 Å². The molecule has 0 aliphatic carbocycles. The summed E-state index contributed by atoms with van der Waals surface area (Å²) in [6.45, 7) is 12.2. The lowest BCUT2D eigenvalue weighted by Gasteiger charge is -2.34. The quantitative estimate of drug-likeness (QED) is 0.632. The smallest absolute Gasteiger partial charge is 0.410 e. The van der Waals surface area contributed by atoms with Crippen LogP contribution in [0.3, 0.4) is 0 Å². The van der Waals surface area contributed by atoms with E-state index in [-0.39, 0.29) is 30.4 Å². The lowest BCUT2D eigenvalue weighted by molar-refractivity contribution is -0.166. The third kappa shape index (κ3) is 5.33. The van der Waals surface area contributed by atoms with E-state index in [0.717, 1.165) is 12.1 Å². The molecule has 2 fully saturated rings. The van der Waals surface area contributed by atoms with Gasteiger partial charge in [-0.15, -0.1) is 0 Å². The highest BCUT2D eigenvalue weighted by molar-refractivity contribution is 5.70. The summed E-state index contributed by atoms with van der Waals surface area (Å²) in [6, 6.07) is 18.5. The van der Waals surface area contributed by atoms with Gasteiger partial charge in [-0.3, -0.25) is 4.90 Å². The van der Waals surface area contributed by atoms with Gasteiger partial charge in [-0.05, 0) is 71.2 Å². The number of hydrogen-bond donors (Lipinski definition) is 1. The Morgan fingerprint density at radius 1 is 1.00 bits per heavy atom. The summed E-state index contributed by atoms with van der Waals surface area (Å²) < 4.78 is 18.1. The molecule has 6 nitrogen and oxygen atoms in total. The molecule has 2 aromatic rings. The van der Waals surface area contributed by atoms with Crippen LogP contribution in [0.25, 0.3) is 11.1 Å². The number of rotatable bonds is 5. The summed E-state index contributed by atoms with van der Waals surface area (Å²) >= 11 is 0. The molecule has 0 aromatic heterocycles. The summed E-state index contributed by atoms with van der Waals surface area (Å²) in [5.41, 5.74) is 2.87. The van der Waals surface area contributed by atoms with Crippen molar-refractivity contribution in [1.82, 2.24) is 4.90 Å². The maximum Gasteiger partial charge on any atom is 0.410 e. The predicted molar refractivity (Wildman–Crippen MR) is 130 cm³/mol. The lowest BCUT2D eigenvalue weighted by Crippen LogP contribution is -2.48. The van der Waals surface area contributed by atoms with Gasteiger partial charge in [0.15, 0.2) is 5.79 Å². The fourth-order valence-corrected chi connectivity index (χ4v) is 4.80. The van der Waals surface area contributed by atoms with Crippen LogP contribution in [0.5, 0.6) is 0 Å². The molecule has 0 spiro atoms. The number of ether oxygens (including phenoxy) is 3. The van der Waals surface area contributed by atoms with E-state index in [1.54, 1.807) is 0 Å². The van der Waals surface area contributed by atoms with Gasteiger partial charge >= 0.3 is 6.09 Å². The molecule has 0 unspecified atom stereocenters. The van der Waals surface area contributed by atoms with Crippen molar-refractivity contribution in [3.8, 4) is 11.1 Å². The van der Waals surface area contributed by atoms with Crippen molar-refractivity contribution >= 4 is 11.8 Å². The van der Waals surface area contributed by atoms with E-state index in [0.29, 0.717) is 6.54 Å². The molecule has 2 aliphatic rings. The number of benzene rings is 2. The van der Waals surface area contributed by atoms with E-state index in [1.807, 2.05) is 64.6 Å². The van der Waals surface area contributed by atoms with E-state index in [1.165, 1.54) is 11.1 Å². The lowest BCUT2D eigenvalue weighted by atomic mass is 10.0. The number of anilines is 1. The average Bonchev–Trinajstić information content (AvgIpc) is 3.19. The third-order valence-electron chi connectivity index (χ3n) is 6.18. The largest absolute Gasteiger partial charge is 0.444 e. The first kappa shape index (κ1) is 23.6. The Hall–Kier alpha value is -2.57. The predicted octanol–water partition coefficient (Wildman–Crippen LogP) is 5.68. The van der Waals surface area contributed by atoms with Crippen molar-refractivity contribution in [1.29, 1.82) is 0 Å². The number of amides is 1. The van der Waals surface area contributed by atoms with Crippen molar-refractivity contribution in [2.45, 2.75) is 83.6 Å². The van der Waals surface area contributed by atoms with Gasteiger partial charge < -0.3 is 19.5 Å². The number of hydrogen-bond acceptors (Lipinski definition) is 5. The molecule has 0 bridgehead atoms. The Kier molecular flexibility index (Phi) is 6.43. The second-order valence-corrected chi connectivity index (χ2v) is 10.4. The molecule has 2 heterocycles. The summed E-state index contributed by atoms with van der Waals surface area (Å²) in [7, 11) is 0. The van der Waals surface area contributed by atoms with Crippen LogP contribution in [-0.2, 0) is 14.2 Å². The molecule has 0 saturated carbocycles. The van der Waals surface area contributed by atoms with Crippen molar-refractivity contribution in [2.75, 3.05) is 11.9 Å². The van der Waals surface area contributed by atoms with Gasteiger partial charge in [0.25, 0.3) is 0 Å². The van der Waals surface area contributed by atoms with Gasteiger partial charge in [0.05, 0.1) is 12.1 Å². The van der Waals surface area contributed by atoms with Crippen molar-refractivity contribution < 1.29 is 19.0 Å². The van der Waals surface area contributed by atoms with Gasteiger partial charge in [0.2, 0.25) is 0 Å². The molecule has 4 rings (SSSR count). The van der Waals surface area contributed by atoms with Crippen LogP contribution in [0, 0.1) is 0 Å². The Morgan fingerprint density at radius 2 is 1.61 bits per heavy atom. The summed E-state index contributed by atoms with van der Waals surface area (Å²) in [6.07, 6.45) is 0.0732. The van der Waals surface area contributed by atoms with Crippen molar-refractivity contribution in [3.63, 3.8) is 0 Å². The zero-order valence-electron chi connectivity index (χ0n) is 20.5. The van der Waals surface area contributed by atoms with Gasteiger partial charge in [0.1, 0.15) is 17.8 Å².